The van der Waals surface area contributed by atoms with E-state index in [-0.39, 0.29) is 12.0 Å². The predicted octanol–water partition coefficient (Wildman–Crippen LogP) is 2.00. The molecule has 1 heterocycles. The highest BCUT2D eigenvalue weighted by Crippen LogP contribution is 2.15. The molecule has 0 atom stereocenters. The molecule has 0 spiro atoms. The first-order valence-electron chi connectivity index (χ1n) is 4.86. The summed E-state index contributed by atoms with van der Waals surface area (Å²) in [7, 11) is 0. The maximum Gasteiger partial charge on any atom is 0.331 e. The average Bonchev–Trinajstić information content (AvgIpc) is 2.74. The summed E-state index contributed by atoms with van der Waals surface area (Å²) < 4.78 is 5.11. The summed E-state index contributed by atoms with van der Waals surface area (Å²) in [6, 6.07) is 3.61. The van der Waals surface area contributed by atoms with Crippen LogP contribution in [0.1, 0.15) is 12.2 Å². The maximum absolute atomic E-state index is 10.7. The smallest absolute Gasteiger partial charge is 0.331 e. The van der Waals surface area contributed by atoms with E-state index in [0.29, 0.717) is 11.5 Å². The largest absolute Gasteiger partial charge is 0.478 e. The van der Waals surface area contributed by atoms with E-state index >= 15 is 0 Å². The minimum absolute atomic E-state index is 0.0931. The van der Waals surface area contributed by atoms with Crippen LogP contribution in [0.2, 0.25) is 0 Å². The van der Waals surface area contributed by atoms with Gasteiger partial charge in [0.25, 0.3) is 0 Å². The molecule has 0 saturated heterocycles. The summed E-state index contributed by atoms with van der Waals surface area (Å²) in [5.74, 6) is -0.433. The van der Waals surface area contributed by atoms with Gasteiger partial charge in [-0.2, -0.15) is 11.8 Å². The molecule has 0 aliphatic rings. The van der Waals surface area contributed by atoms with E-state index in [1.807, 2.05) is 6.07 Å². The average molecular weight is 256 g/mol. The molecule has 0 radical (unpaired) electrons. The zero-order valence-electron chi connectivity index (χ0n) is 8.96. The number of carbonyl (C=O) groups is 2. The standard InChI is InChI=1S/C11H12O5S/c12-10(13)6-8(11(14)15)3-5-17-7-9-2-1-4-16-9/h1-2,4,6H,3,5,7H2,(H,12,13)(H,14,15)/b8-6-. The van der Waals surface area contributed by atoms with Crippen LogP contribution < -0.4 is 0 Å². The Hall–Kier alpha value is -1.69. The molecule has 1 aromatic rings. The van der Waals surface area contributed by atoms with Crippen LogP contribution in [0.15, 0.2) is 34.5 Å². The van der Waals surface area contributed by atoms with Crippen molar-refractivity contribution in [2.75, 3.05) is 5.75 Å². The van der Waals surface area contributed by atoms with E-state index in [2.05, 4.69) is 0 Å². The summed E-state index contributed by atoms with van der Waals surface area (Å²) in [6.07, 6.45) is 2.52. The lowest BCUT2D eigenvalue weighted by molar-refractivity contribution is -0.135. The highest BCUT2D eigenvalue weighted by Gasteiger charge is 2.09. The van der Waals surface area contributed by atoms with Crippen LogP contribution in [-0.4, -0.2) is 27.9 Å². The molecule has 0 aliphatic heterocycles. The number of furan rings is 1. The Bertz CT molecular complexity index is 408. The summed E-state index contributed by atoms with van der Waals surface area (Å²) in [4.78, 5) is 21.1. The van der Waals surface area contributed by atoms with Gasteiger partial charge < -0.3 is 14.6 Å². The first-order chi connectivity index (χ1) is 8.09. The second-order valence-electron chi connectivity index (χ2n) is 3.19. The normalized spacial score (nSPS) is 11.4. The summed E-state index contributed by atoms with van der Waals surface area (Å²) in [6.45, 7) is 0. The molecule has 0 aromatic carbocycles. The number of aliphatic carboxylic acids is 2. The molecular weight excluding hydrogens is 244 g/mol. The van der Waals surface area contributed by atoms with Crippen molar-refractivity contribution in [2.24, 2.45) is 0 Å². The zero-order chi connectivity index (χ0) is 12.7. The fraction of sp³-hybridized carbons (Fsp3) is 0.273. The lowest BCUT2D eigenvalue weighted by Crippen LogP contribution is -2.05. The Balaban J connectivity index is 2.33. The topological polar surface area (TPSA) is 87.7 Å². The van der Waals surface area contributed by atoms with Crippen molar-refractivity contribution in [1.82, 2.24) is 0 Å². The van der Waals surface area contributed by atoms with E-state index in [9.17, 15) is 9.59 Å². The van der Waals surface area contributed by atoms with Crippen LogP contribution in [0.5, 0.6) is 0 Å². The van der Waals surface area contributed by atoms with E-state index in [1.54, 1.807) is 12.3 Å². The molecule has 5 nitrogen and oxygen atoms in total. The minimum atomic E-state index is -1.24. The number of hydrogen-bond acceptors (Lipinski definition) is 4. The van der Waals surface area contributed by atoms with Gasteiger partial charge in [-0.3, -0.25) is 0 Å². The van der Waals surface area contributed by atoms with Gasteiger partial charge in [0.1, 0.15) is 5.76 Å². The van der Waals surface area contributed by atoms with Crippen LogP contribution in [-0.2, 0) is 15.3 Å². The zero-order valence-corrected chi connectivity index (χ0v) is 9.77. The highest BCUT2D eigenvalue weighted by atomic mass is 32.2. The predicted molar refractivity (Wildman–Crippen MR) is 62.8 cm³/mol. The van der Waals surface area contributed by atoms with E-state index in [1.165, 1.54) is 11.8 Å². The first-order valence-corrected chi connectivity index (χ1v) is 6.02. The molecule has 1 rings (SSSR count). The van der Waals surface area contributed by atoms with E-state index in [4.69, 9.17) is 14.6 Å². The number of rotatable bonds is 7. The van der Waals surface area contributed by atoms with Gasteiger partial charge in [-0.25, -0.2) is 9.59 Å². The Morgan fingerprint density at radius 2 is 2.18 bits per heavy atom. The van der Waals surface area contributed by atoms with Gasteiger partial charge in [0, 0.05) is 11.6 Å². The molecule has 2 N–H and O–H groups in total. The number of thioether (sulfide) groups is 1. The highest BCUT2D eigenvalue weighted by molar-refractivity contribution is 7.98. The SMILES string of the molecule is O=C(O)/C=C(/CCSCc1ccco1)C(=O)O. The Labute approximate surface area is 102 Å². The van der Waals surface area contributed by atoms with Crippen molar-refractivity contribution in [3.8, 4) is 0 Å². The van der Waals surface area contributed by atoms with Gasteiger partial charge in [0.15, 0.2) is 0 Å². The fourth-order valence-electron chi connectivity index (χ4n) is 1.14. The molecule has 0 fully saturated rings. The van der Waals surface area contributed by atoms with Gasteiger partial charge >= 0.3 is 11.9 Å². The molecule has 92 valence electrons. The fourth-order valence-corrected chi connectivity index (χ4v) is 2.01. The summed E-state index contributed by atoms with van der Waals surface area (Å²) in [5.41, 5.74) is -0.0931. The van der Waals surface area contributed by atoms with Gasteiger partial charge in [0.2, 0.25) is 0 Å². The van der Waals surface area contributed by atoms with Gasteiger partial charge in [-0.05, 0) is 24.3 Å². The molecule has 1 aromatic heterocycles. The molecule has 0 saturated carbocycles. The van der Waals surface area contributed by atoms with Crippen LogP contribution in [0.3, 0.4) is 0 Å². The van der Waals surface area contributed by atoms with Crippen LogP contribution >= 0.6 is 11.8 Å². The third-order valence-corrected chi connectivity index (χ3v) is 2.89. The molecule has 0 bridgehead atoms. The van der Waals surface area contributed by atoms with Crippen LogP contribution in [0.25, 0.3) is 0 Å². The Morgan fingerprint density at radius 3 is 2.71 bits per heavy atom. The van der Waals surface area contributed by atoms with E-state index in [0.717, 1.165) is 11.8 Å². The van der Waals surface area contributed by atoms with Crippen molar-refractivity contribution in [3.63, 3.8) is 0 Å². The monoisotopic (exact) mass is 256 g/mol. The lowest BCUT2D eigenvalue weighted by Gasteiger charge is -2.01. The van der Waals surface area contributed by atoms with Gasteiger partial charge in [-0.15, -0.1) is 0 Å². The maximum atomic E-state index is 10.7. The Morgan fingerprint density at radius 1 is 1.41 bits per heavy atom. The molecular formula is C11H12O5S. The summed E-state index contributed by atoms with van der Waals surface area (Å²) in [5, 5.41) is 17.2. The van der Waals surface area contributed by atoms with E-state index < -0.39 is 11.9 Å². The van der Waals surface area contributed by atoms with Crippen molar-refractivity contribution in [2.45, 2.75) is 12.2 Å². The third-order valence-electron chi connectivity index (χ3n) is 1.91. The van der Waals surface area contributed by atoms with Crippen LogP contribution in [0.4, 0.5) is 0 Å². The van der Waals surface area contributed by atoms with Gasteiger partial charge in [-0.1, -0.05) is 0 Å². The molecule has 0 aliphatic carbocycles. The number of carboxylic acid groups (broad SMARTS) is 2. The minimum Gasteiger partial charge on any atom is -0.478 e. The number of hydrogen-bond donors (Lipinski definition) is 2. The van der Waals surface area contributed by atoms with Crippen molar-refractivity contribution in [1.29, 1.82) is 0 Å². The van der Waals surface area contributed by atoms with Crippen molar-refractivity contribution >= 4 is 23.7 Å². The van der Waals surface area contributed by atoms with Gasteiger partial charge in [0.05, 0.1) is 12.0 Å². The summed E-state index contributed by atoms with van der Waals surface area (Å²) >= 11 is 1.49. The molecule has 6 heteroatoms. The first kappa shape index (κ1) is 13.4. The quantitative estimate of drug-likeness (QED) is 0.573. The second kappa shape index (κ2) is 6.80. The lowest BCUT2D eigenvalue weighted by atomic mass is 10.2. The van der Waals surface area contributed by atoms with Crippen LogP contribution in [0, 0.1) is 0 Å². The van der Waals surface area contributed by atoms with Crippen molar-refractivity contribution in [3.05, 3.63) is 35.8 Å². The Kier molecular flexibility index (Phi) is 5.35. The second-order valence-corrected chi connectivity index (χ2v) is 4.30. The van der Waals surface area contributed by atoms with Crippen molar-refractivity contribution < 1.29 is 24.2 Å². The molecule has 17 heavy (non-hydrogen) atoms. The molecule has 0 amide bonds. The molecule has 0 unspecified atom stereocenters. The number of carboxylic acids is 2. The third kappa shape index (κ3) is 5.26.